The van der Waals surface area contributed by atoms with Crippen LogP contribution in [0.5, 0.6) is 0 Å². The normalized spacial score (nSPS) is 11.0. The highest BCUT2D eigenvalue weighted by atomic mass is 32.1. The van der Waals surface area contributed by atoms with Crippen LogP contribution in [0.2, 0.25) is 0 Å². The quantitative estimate of drug-likeness (QED) is 0.409. The van der Waals surface area contributed by atoms with Crippen LogP contribution in [-0.4, -0.2) is 24.9 Å². The van der Waals surface area contributed by atoms with Gasteiger partial charge in [0, 0.05) is 31.1 Å². The minimum Gasteiger partial charge on any atom is -0.365 e. The molecule has 4 aromatic rings. The van der Waals surface area contributed by atoms with E-state index in [2.05, 4.69) is 25.3 Å². The van der Waals surface area contributed by atoms with E-state index >= 15 is 0 Å². The van der Waals surface area contributed by atoms with Crippen molar-refractivity contribution in [2.75, 3.05) is 5.32 Å². The summed E-state index contributed by atoms with van der Waals surface area (Å²) in [5.74, 6) is 1.79. The van der Waals surface area contributed by atoms with Crippen LogP contribution in [0, 0.1) is 17.0 Å². The smallest absolute Gasteiger partial charge is 0.269 e. The summed E-state index contributed by atoms with van der Waals surface area (Å²) in [7, 11) is 0. The molecular formula is C17H14N6O2S. The number of nitro groups is 1. The Bertz CT molecular complexity index is 1090. The van der Waals surface area contributed by atoms with Crippen LogP contribution in [-0.2, 0) is 6.54 Å². The Morgan fingerprint density at radius 3 is 3.00 bits per heavy atom. The molecular weight excluding hydrogens is 352 g/mol. The number of fused-ring (bicyclic) bond motifs is 1. The monoisotopic (exact) mass is 366 g/mol. The number of imidazole rings is 1. The van der Waals surface area contributed by atoms with E-state index in [9.17, 15) is 10.1 Å². The van der Waals surface area contributed by atoms with E-state index in [-0.39, 0.29) is 5.69 Å². The first-order valence-electron chi connectivity index (χ1n) is 7.84. The number of nitrogens with zero attached hydrogens (tertiary/aromatic N) is 4. The Morgan fingerprint density at radius 1 is 1.35 bits per heavy atom. The molecule has 0 amide bonds. The zero-order chi connectivity index (χ0) is 18.1. The van der Waals surface area contributed by atoms with Gasteiger partial charge in [-0.15, -0.1) is 11.3 Å². The van der Waals surface area contributed by atoms with E-state index in [0.717, 1.165) is 21.3 Å². The maximum Gasteiger partial charge on any atom is 0.269 e. The van der Waals surface area contributed by atoms with E-state index in [1.54, 1.807) is 35.9 Å². The van der Waals surface area contributed by atoms with Crippen molar-refractivity contribution in [3.8, 4) is 11.6 Å². The minimum atomic E-state index is -0.398. The van der Waals surface area contributed by atoms with Crippen LogP contribution in [0.25, 0.3) is 21.9 Å². The molecule has 8 nitrogen and oxygen atoms in total. The van der Waals surface area contributed by atoms with Crippen molar-refractivity contribution in [3.63, 3.8) is 0 Å². The predicted octanol–water partition coefficient (Wildman–Crippen LogP) is 3.91. The first-order chi connectivity index (χ1) is 12.6. The van der Waals surface area contributed by atoms with Crippen LogP contribution < -0.4 is 5.32 Å². The number of thiophene rings is 1. The number of non-ortho nitro benzene ring substituents is 1. The van der Waals surface area contributed by atoms with Gasteiger partial charge in [-0.25, -0.2) is 15.0 Å². The molecule has 9 heteroatoms. The van der Waals surface area contributed by atoms with E-state index in [0.29, 0.717) is 24.0 Å². The molecule has 130 valence electrons. The van der Waals surface area contributed by atoms with Gasteiger partial charge in [-0.3, -0.25) is 10.1 Å². The summed E-state index contributed by atoms with van der Waals surface area (Å²) in [6.07, 6.45) is 3.37. The molecule has 3 aromatic heterocycles. The van der Waals surface area contributed by atoms with Crippen LogP contribution in [0.4, 0.5) is 11.5 Å². The molecule has 0 aliphatic heterocycles. The second-order valence-corrected chi connectivity index (χ2v) is 6.57. The predicted molar refractivity (Wildman–Crippen MR) is 100 cm³/mol. The number of benzene rings is 1. The number of nitrogens with one attached hydrogen (secondary N) is 2. The Kier molecular flexibility index (Phi) is 4.05. The number of aromatic nitrogens is 4. The molecule has 0 atom stereocenters. The van der Waals surface area contributed by atoms with Crippen molar-refractivity contribution in [3.05, 3.63) is 63.3 Å². The number of hydrogen-bond acceptors (Lipinski definition) is 7. The molecule has 0 aliphatic rings. The summed E-state index contributed by atoms with van der Waals surface area (Å²) in [4.78, 5) is 27.8. The summed E-state index contributed by atoms with van der Waals surface area (Å²) in [6, 6.07) is 6.55. The average molecular weight is 366 g/mol. The second-order valence-electron chi connectivity index (χ2n) is 5.71. The van der Waals surface area contributed by atoms with E-state index < -0.39 is 4.92 Å². The van der Waals surface area contributed by atoms with Crippen molar-refractivity contribution in [1.82, 2.24) is 19.9 Å². The molecule has 0 unspecified atom stereocenters. The van der Waals surface area contributed by atoms with Gasteiger partial charge in [0.25, 0.3) is 5.69 Å². The van der Waals surface area contributed by atoms with Gasteiger partial charge in [-0.05, 0) is 23.4 Å². The van der Waals surface area contributed by atoms with Crippen molar-refractivity contribution < 1.29 is 4.92 Å². The fourth-order valence-corrected chi connectivity index (χ4v) is 3.59. The first kappa shape index (κ1) is 16.2. The van der Waals surface area contributed by atoms with Crippen molar-refractivity contribution in [2.45, 2.75) is 13.5 Å². The largest absolute Gasteiger partial charge is 0.365 e. The topological polar surface area (TPSA) is 110 Å². The number of nitro benzene ring substituents is 1. The highest BCUT2D eigenvalue weighted by Gasteiger charge is 2.14. The lowest BCUT2D eigenvalue weighted by Gasteiger charge is -2.09. The van der Waals surface area contributed by atoms with E-state index in [1.165, 1.54) is 6.07 Å². The maximum atomic E-state index is 10.9. The highest BCUT2D eigenvalue weighted by Crippen LogP contribution is 2.31. The average Bonchev–Trinajstić information content (AvgIpc) is 3.30. The molecule has 26 heavy (non-hydrogen) atoms. The van der Waals surface area contributed by atoms with Gasteiger partial charge in [-0.2, -0.15) is 0 Å². The SMILES string of the molecule is Cc1csc2nc(-c3ncc[nH]3)nc(NCc3cccc([N+](=O)[O-])c3)c12. The second kappa shape index (κ2) is 6.52. The first-order valence-corrected chi connectivity index (χ1v) is 8.72. The van der Waals surface area contributed by atoms with Crippen LogP contribution in [0.1, 0.15) is 11.1 Å². The number of aryl methyl sites for hydroxylation is 1. The van der Waals surface area contributed by atoms with Gasteiger partial charge >= 0.3 is 0 Å². The molecule has 0 saturated heterocycles. The van der Waals surface area contributed by atoms with E-state index in [4.69, 9.17) is 0 Å². The Morgan fingerprint density at radius 2 is 2.23 bits per heavy atom. The molecule has 1 aromatic carbocycles. The Labute approximate surface area is 152 Å². The zero-order valence-corrected chi connectivity index (χ0v) is 14.6. The maximum absolute atomic E-state index is 10.9. The van der Waals surface area contributed by atoms with Crippen LogP contribution >= 0.6 is 11.3 Å². The van der Waals surface area contributed by atoms with Gasteiger partial charge in [0.05, 0.1) is 10.3 Å². The van der Waals surface area contributed by atoms with Gasteiger partial charge in [0.2, 0.25) is 0 Å². The van der Waals surface area contributed by atoms with E-state index in [1.807, 2.05) is 18.4 Å². The number of rotatable bonds is 5. The van der Waals surface area contributed by atoms with Gasteiger partial charge in [-0.1, -0.05) is 12.1 Å². The standard InChI is InChI=1S/C17H14N6O2S/c1-10-9-26-17-13(10)14(21-16(22-17)15-18-5-6-19-15)20-8-11-3-2-4-12(7-11)23(24)25/h2-7,9H,8H2,1H3,(H,18,19)(H,20,21,22). The molecule has 0 aliphatic carbocycles. The van der Waals surface area contributed by atoms with Crippen molar-refractivity contribution >= 4 is 33.1 Å². The lowest BCUT2D eigenvalue weighted by molar-refractivity contribution is -0.384. The molecule has 0 spiro atoms. The molecule has 4 rings (SSSR count). The summed E-state index contributed by atoms with van der Waals surface area (Å²) in [5, 5.41) is 17.2. The molecule has 2 N–H and O–H groups in total. The van der Waals surface area contributed by atoms with Crippen LogP contribution in [0.15, 0.2) is 42.0 Å². The number of anilines is 1. The fraction of sp³-hybridized carbons (Fsp3) is 0.118. The third-order valence-electron chi connectivity index (χ3n) is 3.91. The zero-order valence-electron chi connectivity index (χ0n) is 13.8. The summed E-state index contributed by atoms with van der Waals surface area (Å²) in [6.45, 7) is 2.42. The van der Waals surface area contributed by atoms with Crippen molar-refractivity contribution in [2.24, 2.45) is 0 Å². The summed E-state index contributed by atoms with van der Waals surface area (Å²) in [5.41, 5.74) is 1.95. The molecule has 0 radical (unpaired) electrons. The Hall–Kier alpha value is -3.33. The molecule has 0 saturated carbocycles. The number of aromatic amines is 1. The lowest BCUT2D eigenvalue weighted by Crippen LogP contribution is -2.04. The molecule has 0 bridgehead atoms. The molecule has 3 heterocycles. The fourth-order valence-electron chi connectivity index (χ4n) is 2.67. The number of H-pyrrole nitrogens is 1. The molecule has 0 fully saturated rings. The summed E-state index contributed by atoms with van der Waals surface area (Å²) >= 11 is 1.55. The van der Waals surface area contributed by atoms with Crippen molar-refractivity contribution in [1.29, 1.82) is 0 Å². The Balaban J connectivity index is 1.70. The highest BCUT2D eigenvalue weighted by molar-refractivity contribution is 7.17. The van der Waals surface area contributed by atoms with Crippen LogP contribution in [0.3, 0.4) is 0 Å². The van der Waals surface area contributed by atoms with Gasteiger partial charge in [0.1, 0.15) is 10.6 Å². The van der Waals surface area contributed by atoms with Gasteiger partial charge < -0.3 is 10.3 Å². The third-order valence-corrected chi connectivity index (χ3v) is 4.90. The summed E-state index contributed by atoms with van der Waals surface area (Å²) < 4.78 is 0. The minimum absolute atomic E-state index is 0.0696. The van der Waals surface area contributed by atoms with Gasteiger partial charge in [0.15, 0.2) is 11.6 Å². The third kappa shape index (κ3) is 3.00. The number of hydrogen-bond donors (Lipinski definition) is 2. The lowest BCUT2D eigenvalue weighted by atomic mass is 10.2.